The van der Waals surface area contributed by atoms with Crippen LogP contribution in [0.25, 0.3) is 10.9 Å². The number of carbonyl (C=O) groups is 1. The van der Waals surface area contributed by atoms with E-state index in [2.05, 4.69) is 29.7 Å². The van der Waals surface area contributed by atoms with Crippen molar-refractivity contribution < 1.29 is 14.3 Å². The molecule has 0 saturated carbocycles. The quantitative estimate of drug-likeness (QED) is 0.777. The van der Waals surface area contributed by atoms with Crippen LogP contribution in [0.4, 0.5) is 4.79 Å². The van der Waals surface area contributed by atoms with E-state index in [0.717, 1.165) is 17.6 Å². The van der Waals surface area contributed by atoms with Crippen molar-refractivity contribution >= 4 is 17.1 Å². The minimum Gasteiger partial charge on any atom is -0.435 e. The third kappa shape index (κ3) is 3.13. The molecule has 1 unspecified atom stereocenters. The molecule has 0 bridgehead atoms. The summed E-state index contributed by atoms with van der Waals surface area (Å²) in [5.41, 5.74) is 2.33. The summed E-state index contributed by atoms with van der Waals surface area (Å²) in [6, 6.07) is 10.4. The zero-order valence-corrected chi connectivity index (χ0v) is 12.3. The predicted octanol–water partition coefficient (Wildman–Crippen LogP) is 3.90. The molecule has 2 rings (SSSR count). The molecule has 1 aromatic heterocycles. The number of aromatic nitrogens is 1. The lowest BCUT2D eigenvalue weighted by molar-refractivity contribution is 0.0195. The number of aryl methyl sites for hydroxylation is 1. The highest BCUT2D eigenvalue weighted by Crippen LogP contribution is 2.20. The minimum absolute atomic E-state index is 0.177. The number of para-hydroxylation sites is 1. The predicted molar refractivity (Wildman–Crippen MR) is 78.9 cm³/mol. The minimum atomic E-state index is -0.589. The van der Waals surface area contributed by atoms with E-state index in [0.29, 0.717) is 13.2 Å². The standard InChI is InChI=1S/C16H21NO3/c1-4-14(20-16(18)19-5-2)11-17-12(3)10-13-8-6-7-9-15(13)17/h6-10,14H,4-5,11H2,1-3H3. The Hall–Kier alpha value is -1.97. The molecule has 0 aliphatic heterocycles. The molecule has 108 valence electrons. The van der Waals surface area contributed by atoms with Gasteiger partial charge in [0.15, 0.2) is 0 Å². The van der Waals surface area contributed by atoms with E-state index in [4.69, 9.17) is 9.47 Å². The van der Waals surface area contributed by atoms with Crippen LogP contribution < -0.4 is 0 Å². The summed E-state index contributed by atoms with van der Waals surface area (Å²) < 4.78 is 12.4. The molecular weight excluding hydrogens is 254 g/mol. The van der Waals surface area contributed by atoms with Crippen molar-refractivity contribution in [3.8, 4) is 0 Å². The van der Waals surface area contributed by atoms with Gasteiger partial charge >= 0.3 is 6.16 Å². The molecule has 0 radical (unpaired) electrons. The molecule has 0 amide bonds. The van der Waals surface area contributed by atoms with Gasteiger partial charge in [-0.3, -0.25) is 0 Å². The Labute approximate surface area is 119 Å². The van der Waals surface area contributed by atoms with E-state index in [1.54, 1.807) is 6.92 Å². The number of fused-ring (bicyclic) bond motifs is 1. The molecule has 4 heteroatoms. The maximum absolute atomic E-state index is 11.4. The lowest BCUT2D eigenvalue weighted by atomic mass is 10.2. The van der Waals surface area contributed by atoms with E-state index >= 15 is 0 Å². The summed E-state index contributed by atoms with van der Waals surface area (Å²) in [7, 11) is 0. The highest BCUT2D eigenvalue weighted by molar-refractivity contribution is 5.81. The third-order valence-corrected chi connectivity index (χ3v) is 3.38. The first-order valence-electron chi connectivity index (χ1n) is 7.04. The second kappa shape index (κ2) is 6.46. The van der Waals surface area contributed by atoms with Crippen molar-refractivity contribution in [2.24, 2.45) is 0 Å². The molecule has 1 heterocycles. The van der Waals surface area contributed by atoms with Gasteiger partial charge < -0.3 is 14.0 Å². The van der Waals surface area contributed by atoms with Crippen LogP contribution >= 0.6 is 0 Å². The Kier molecular flexibility index (Phi) is 4.66. The number of hydrogen-bond donors (Lipinski definition) is 0. The van der Waals surface area contributed by atoms with Gasteiger partial charge in [0, 0.05) is 11.2 Å². The maximum Gasteiger partial charge on any atom is 0.508 e. The van der Waals surface area contributed by atoms with Crippen LogP contribution in [0.3, 0.4) is 0 Å². The van der Waals surface area contributed by atoms with Crippen molar-refractivity contribution in [3.05, 3.63) is 36.0 Å². The average Bonchev–Trinajstić information content (AvgIpc) is 2.74. The molecular formula is C16H21NO3. The fraction of sp³-hybridized carbons (Fsp3) is 0.438. The van der Waals surface area contributed by atoms with Crippen molar-refractivity contribution in [1.29, 1.82) is 0 Å². The van der Waals surface area contributed by atoms with Gasteiger partial charge in [-0.15, -0.1) is 0 Å². The molecule has 2 aromatic rings. The van der Waals surface area contributed by atoms with E-state index < -0.39 is 6.16 Å². The molecule has 0 aliphatic carbocycles. The highest BCUT2D eigenvalue weighted by Gasteiger charge is 2.16. The summed E-state index contributed by atoms with van der Waals surface area (Å²) in [6.07, 6.45) is -0.0119. The second-order valence-corrected chi connectivity index (χ2v) is 4.79. The first-order chi connectivity index (χ1) is 9.65. The Morgan fingerprint density at radius 2 is 2.05 bits per heavy atom. The fourth-order valence-corrected chi connectivity index (χ4v) is 2.33. The molecule has 0 N–H and O–H groups in total. The Bertz CT molecular complexity index is 588. The van der Waals surface area contributed by atoms with E-state index in [1.165, 1.54) is 5.39 Å². The van der Waals surface area contributed by atoms with Gasteiger partial charge in [-0.2, -0.15) is 0 Å². The van der Waals surface area contributed by atoms with Crippen molar-refractivity contribution in [2.75, 3.05) is 6.61 Å². The number of ether oxygens (including phenoxy) is 2. The lowest BCUT2D eigenvalue weighted by Crippen LogP contribution is -2.24. The van der Waals surface area contributed by atoms with Gasteiger partial charge in [0.05, 0.1) is 13.2 Å². The summed E-state index contributed by atoms with van der Waals surface area (Å²) >= 11 is 0. The molecule has 1 aromatic carbocycles. The van der Waals surface area contributed by atoms with Crippen LogP contribution in [0.1, 0.15) is 26.0 Å². The maximum atomic E-state index is 11.4. The average molecular weight is 275 g/mol. The normalized spacial score (nSPS) is 12.3. The molecule has 0 fully saturated rings. The van der Waals surface area contributed by atoms with Crippen molar-refractivity contribution in [2.45, 2.75) is 39.8 Å². The molecule has 1 atom stereocenters. The summed E-state index contributed by atoms with van der Waals surface area (Å²) in [4.78, 5) is 11.4. The van der Waals surface area contributed by atoms with Gasteiger partial charge in [0.1, 0.15) is 6.10 Å². The van der Waals surface area contributed by atoms with Crippen molar-refractivity contribution in [3.63, 3.8) is 0 Å². The molecule has 0 aliphatic rings. The molecule has 0 spiro atoms. The number of rotatable bonds is 5. The van der Waals surface area contributed by atoms with Crippen LogP contribution in [-0.2, 0) is 16.0 Å². The van der Waals surface area contributed by atoms with Gasteiger partial charge in [0.2, 0.25) is 0 Å². The zero-order valence-electron chi connectivity index (χ0n) is 12.3. The van der Waals surface area contributed by atoms with Gasteiger partial charge in [-0.05, 0) is 37.8 Å². The van der Waals surface area contributed by atoms with E-state index in [9.17, 15) is 4.79 Å². The number of carbonyl (C=O) groups excluding carboxylic acids is 1. The van der Waals surface area contributed by atoms with E-state index in [1.807, 2.05) is 19.1 Å². The van der Waals surface area contributed by atoms with Gasteiger partial charge in [-0.1, -0.05) is 25.1 Å². The SMILES string of the molecule is CCOC(=O)OC(CC)Cn1c(C)cc2ccccc21. The van der Waals surface area contributed by atoms with Crippen LogP contribution in [-0.4, -0.2) is 23.4 Å². The Morgan fingerprint density at radius 3 is 2.75 bits per heavy atom. The summed E-state index contributed by atoms with van der Waals surface area (Å²) in [6.45, 7) is 6.82. The Morgan fingerprint density at radius 1 is 1.30 bits per heavy atom. The molecule has 20 heavy (non-hydrogen) atoms. The zero-order chi connectivity index (χ0) is 14.5. The summed E-state index contributed by atoms with van der Waals surface area (Å²) in [5.74, 6) is 0. The third-order valence-electron chi connectivity index (χ3n) is 3.38. The van der Waals surface area contributed by atoms with Crippen LogP contribution in [0, 0.1) is 6.92 Å². The highest BCUT2D eigenvalue weighted by atomic mass is 16.7. The lowest BCUT2D eigenvalue weighted by Gasteiger charge is -2.18. The van der Waals surface area contributed by atoms with Crippen LogP contribution in [0.15, 0.2) is 30.3 Å². The Balaban J connectivity index is 2.17. The van der Waals surface area contributed by atoms with E-state index in [-0.39, 0.29) is 6.10 Å². The number of hydrogen-bond acceptors (Lipinski definition) is 3. The van der Waals surface area contributed by atoms with Crippen LogP contribution in [0.5, 0.6) is 0 Å². The number of nitrogens with zero attached hydrogens (tertiary/aromatic N) is 1. The smallest absolute Gasteiger partial charge is 0.435 e. The monoisotopic (exact) mass is 275 g/mol. The van der Waals surface area contributed by atoms with Gasteiger partial charge in [0.25, 0.3) is 0 Å². The topological polar surface area (TPSA) is 40.5 Å². The largest absolute Gasteiger partial charge is 0.508 e. The first-order valence-corrected chi connectivity index (χ1v) is 7.04. The van der Waals surface area contributed by atoms with Crippen molar-refractivity contribution in [1.82, 2.24) is 4.57 Å². The number of benzene rings is 1. The first kappa shape index (κ1) is 14.4. The van der Waals surface area contributed by atoms with Crippen LogP contribution in [0.2, 0.25) is 0 Å². The second-order valence-electron chi connectivity index (χ2n) is 4.79. The molecule has 0 saturated heterocycles. The fourth-order valence-electron chi connectivity index (χ4n) is 2.33. The summed E-state index contributed by atoms with van der Waals surface area (Å²) in [5, 5.41) is 1.20. The molecule has 4 nitrogen and oxygen atoms in total. The van der Waals surface area contributed by atoms with Gasteiger partial charge in [-0.25, -0.2) is 4.79 Å².